The number of likely N-dealkylation sites (tertiary alicyclic amines) is 1. The molecule has 1 aliphatic rings. The van der Waals surface area contributed by atoms with Crippen molar-refractivity contribution >= 4 is 29.6 Å². The second kappa shape index (κ2) is 15.0. The van der Waals surface area contributed by atoms with E-state index in [0.717, 1.165) is 11.1 Å². The summed E-state index contributed by atoms with van der Waals surface area (Å²) >= 11 is 0. The highest BCUT2D eigenvalue weighted by atomic mass is 16.6. The van der Waals surface area contributed by atoms with Gasteiger partial charge in [0.25, 0.3) is 0 Å². The van der Waals surface area contributed by atoms with Crippen LogP contribution in [0.3, 0.4) is 0 Å². The Bertz CT molecular complexity index is 1410. The first-order chi connectivity index (χ1) is 21.1. The van der Waals surface area contributed by atoms with Gasteiger partial charge < -0.3 is 24.8 Å². The van der Waals surface area contributed by atoms with Crippen molar-refractivity contribution in [2.24, 2.45) is 0 Å². The van der Waals surface area contributed by atoms with Crippen LogP contribution in [0.25, 0.3) is 0 Å². The molecule has 0 aromatic heterocycles. The number of carbonyl (C=O) groups excluding carboxylic acids is 4. The van der Waals surface area contributed by atoms with E-state index in [-0.39, 0.29) is 19.6 Å². The third-order valence-corrected chi connectivity index (χ3v) is 6.81. The third kappa shape index (κ3) is 9.86. The van der Waals surface area contributed by atoms with E-state index in [1.165, 1.54) is 4.90 Å². The van der Waals surface area contributed by atoms with Gasteiger partial charge in [0.1, 0.15) is 30.0 Å². The molecule has 0 saturated carbocycles. The highest BCUT2D eigenvalue weighted by molar-refractivity contribution is 5.98. The van der Waals surface area contributed by atoms with Crippen LogP contribution in [-0.2, 0) is 36.9 Å². The van der Waals surface area contributed by atoms with Crippen molar-refractivity contribution in [2.45, 2.75) is 64.3 Å². The van der Waals surface area contributed by atoms with E-state index in [2.05, 4.69) is 10.6 Å². The van der Waals surface area contributed by atoms with Gasteiger partial charge in [-0.2, -0.15) is 0 Å². The standard InChI is InChI=1S/C34H39N3O7/c1-34(2,3)44-30(38)23-42-27-18-16-26(17-19-27)35-31(39)28(21-24-11-6-4-7-12-24)36-32(40)29-15-10-20-37(29)33(41)43-22-25-13-8-5-9-14-25/h4-9,11-14,16-19,28-29H,10,15,20-23H2,1-3H3,(H,35,39)(H,36,40)/t28-,29+/m1/s1. The van der Waals surface area contributed by atoms with Crippen molar-refractivity contribution in [1.82, 2.24) is 10.2 Å². The molecule has 0 bridgehead atoms. The van der Waals surface area contributed by atoms with Crippen LogP contribution in [0.1, 0.15) is 44.7 Å². The van der Waals surface area contributed by atoms with Crippen molar-refractivity contribution in [2.75, 3.05) is 18.5 Å². The van der Waals surface area contributed by atoms with Crippen LogP contribution in [-0.4, -0.2) is 59.6 Å². The highest BCUT2D eigenvalue weighted by Gasteiger charge is 2.37. The number of ether oxygens (including phenoxy) is 3. The molecule has 2 N–H and O–H groups in total. The number of hydrogen-bond donors (Lipinski definition) is 2. The Morgan fingerprint density at radius 1 is 0.886 bits per heavy atom. The largest absolute Gasteiger partial charge is 0.482 e. The van der Waals surface area contributed by atoms with Crippen LogP contribution in [0.15, 0.2) is 84.9 Å². The van der Waals surface area contributed by atoms with E-state index in [1.54, 1.807) is 45.0 Å². The van der Waals surface area contributed by atoms with Gasteiger partial charge in [0.2, 0.25) is 11.8 Å². The average Bonchev–Trinajstić information content (AvgIpc) is 3.50. The Labute approximate surface area is 257 Å². The smallest absolute Gasteiger partial charge is 0.410 e. The maximum Gasteiger partial charge on any atom is 0.410 e. The number of anilines is 1. The fraction of sp³-hybridized carbons (Fsp3) is 0.353. The lowest BCUT2D eigenvalue weighted by Gasteiger charge is -2.26. The number of benzene rings is 3. The summed E-state index contributed by atoms with van der Waals surface area (Å²) in [7, 11) is 0. The lowest BCUT2D eigenvalue weighted by molar-refractivity contribution is -0.157. The molecule has 0 aliphatic carbocycles. The molecule has 1 aliphatic heterocycles. The van der Waals surface area contributed by atoms with Gasteiger partial charge in [0, 0.05) is 18.7 Å². The minimum atomic E-state index is -0.907. The lowest BCUT2D eigenvalue weighted by atomic mass is 10.0. The Morgan fingerprint density at radius 3 is 2.16 bits per heavy atom. The molecule has 232 valence electrons. The summed E-state index contributed by atoms with van der Waals surface area (Å²) in [6.07, 6.45) is 0.804. The molecule has 0 unspecified atom stereocenters. The van der Waals surface area contributed by atoms with Gasteiger partial charge in [-0.15, -0.1) is 0 Å². The molecule has 3 aromatic carbocycles. The van der Waals surface area contributed by atoms with Crippen LogP contribution < -0.4 is 15.4 Å². The molecular weight excluding hydrogens is 562 g/mol. The molecule has 0 spiro atoms. The first kappa shape index (κ1) is 32.1. The predicted octanol–water partition coefficient (Wildman–Crippen LogP) is 4.87. The van der Waals surface area contributed by atoms with Crippen LogP contribution in [0.5, 0.6) is 5.75 Å². The van der Waals surface area contributed by atoms with Crippen LogP contribution in [0.4, 0.5) is 10.5 Å². The number of esters is 1. The molecule has 4 rings (SSSR count). The van der Waals surface area contributed by atoms with Gasteiger partial charge in [-0.1, -0.05) is 60.7 Å². The Morgan fingerprint density at radius 2 is 1.52 bits per heavy atom. The molecule has 2 atom stereocenters. The number of nitrogens with zero attached hydrogens (tertiary/aromatic N) is 1. The molecular formula is C34H39N3O7. The molecule has 3 aromatic rings. The van der Waals surface area contributed by atoms with Gasteiger partial charge in [0.15, 0.2) is 6.61 Å². The second-order valence-corrected chi connectivity index (χ2v) is 11.5. The molecule has 10 heteroatoms. The van der Waals surface area contributed by atoms with E-state index in [0.29, 0.717) is 30.8 Å². The predicted molar refractivity (Wildman–Crippen MR) is 165 cm³/mol. The number of nitrogens with one attached hydrogen (secondary N) is 2. The summed E-state index contributed by atoms with van der Waals surface area (Å²) < 4.78 is 16.2. The van der Waals surface area contributed by atoms with Crippen molar-refractivity contribution in [3.63, 3.8) is 0 Å². The molecule has 10 nitrogen and oxygen atoms in total. The maximum absolute atomic E-state index is 13.5. The lowest BCUT2D eigenvalue weighted by Crippen LogP contribution is -2.52. The monoisotopic (exact) mass is 601 g/mol. The topological polar surface area (TPSA) is 123 Å². The molecule has 0 radical (unpaired) electrons. The van der Waals surface area contributed by atoms with E-state index >= 15 is 0 Å². The van der Waals surface area contributed by atoms with Crippen molar-refractivity contribution < 1.29 is 33.4 Å². The summed E-state index contributed by atoms with van der Waals surface area (Å²) in [5.41, 5.74) is 1.59. The zero-order valence-corrected chi connectivity index (χ0v) is 25.3. The average molecular weight is 602 g/mol. The summed E-state index contributed by atoms with van der Waals surface area (Å²) in [5, 5.41) is 5.72. The first-order valence-electron chi connectivity index (χ1n) is 14.6. The Kier molecular flexibility index (Phi) is 11.0. The van der Waals surface area contributed by atoms with Gasteiger partial charge in [-0.05, 0) is 69.0 Å². The fourth-order valence-corrected chi connectivity index (χ4v) is 4.76. The fourth-order valence-electron chi connectivity index (χ4n) is 4.76. The normalized spacial score (nSPS) is 15.2. The molecule has 44 heavy (non-hydrogen) atoms. The zero-order chi connectivity index (χ0) is 31.5. The summed E-state index contributed by atoms with van der Waals surface area (Å²) in [6, 6.07) is 23.6. The summed E-state index contributed by atoms with van der Waals surface area (Å²) in [5.74, 6) is -0.884. The molecule has 1 fully saturated rings. The van der Waals surface area contributed by atoms with Gasteiger partial charge in [-0.25, -0.2) is 9.59 Å². The third-order valence-electron chi connectivity index (χ3n) is 6.81. The second-order valence-electron chi connectivity index (χ2n) is 11.5. The first-order valence-corrected chi connectivity index (χ1v) is 14.6. The minimum Gasteiger partial charge on any atom is -0.482 e. The van der Waals surface area contributed by atoms with Crippen molar-refractivity contribution in [3.05, 3.63) is 96.1 Å². The van der Waals surface area contributed by atoms with Crippen molar-refractivity contribution in [3.8, 4) is 5.75 Å². The Balaban J connectivity index is 1.38. The van der Waals surface area contributed by atoms with E-state index < -0.39 is 41.6 Å². The van der Waals surface area contributed by atoms with Crippen molar-refractivity contribution in [1.29, 1.82) is 0 Å². The number of hydrogen-bond acceptors (Lipinski definition) is 7. The van der Waals surface area contributed by atoms with Gasteiger partial charge in [0.05, 0.1) is 0 Å². The molecule has 3 amide bonds. The van der Waals surface area contributed by atoms with E-state index in [1.807, 2.05) is 60.7 Å². The maximum atomic E-state index is 13.5. The minimum absolute atomic E-state index is 0.106. The van der Waals surface area contributed by atoms with E-state index in [4.69, 9.17) is 14.2 Å². The highest BCUT2D eigenvalue weighted by Crippen LogP contribution is 2.21. The van der Waals surface area contributed by atoms with Crippen LogP contribution in [0.2, 0.25) is 0 Å². The molecule has 1 heterocycles. The number of carbonyl (C=O) groups is 4. The van der Waals surface area contributed by atoms with Crippen LogP contribution >= 0.6 is 0 Å². The Hall–Kier alpha value is -4.86. The number of amides is 3. The van der Waals surface area contributed by atoms with E-state index in [9.17, 15) is 19.2 Å². The SMILES string of the molecule is CC(C)(C)OC(=O)COc1ccc(NC(=O)[C@@H](Cc2ccccc2)NC(=O)[C@@H]2CCCN2C(=O)OCc2ccccc2)cc1. The summed E-state index contributed by atoms with van der Waals surface area (Å²) in [4.78, 5) is 53.1. The number of rotatable bonds is 11. The zero-order valence-electron chi connectivity index (χ0n) is 25.3. The van der Waals surface area contributed by atoms with Crippen LogP contribution in [0, 0.1) is 0 Å². The summed E-state index contributed by atoms with van der Waals surface area (Å²) in [6.45, 7) is 5.59. The van der Waals surface area contributed by atoms with Gasteiger partial charge >= 0.3 is 12.1 Å². The quantitative estimate of drug-likeness (QED) is 0.301. The van der Waals surface area contributed by atoms with Gasteiger partial charge in [-0.3, -0.25) is 14.5 Å². The molecule has 1 saturated heterocycles.